The second kappa shape index (κ2) is 12.6. The summed E-state index contributed by atoms with van der Waals surface area (Å²) < 4.78 is 5.41. The summed E-state index contributed by atoms with van der Waals surface area (Å²) in [7, 11) is 1.75. The zero-order valence-electron chi connectivity index (χ0n) is 18.9. The van der Waals surface area contributed by atoms with Gasteiger partial charge in [0.15, 0.2) is 5.96 Å². The number of hydrogen-bond acceptors (Lipinski definition) is 3. The topological polar surface area (TPSA) is 81.8 Å². The minimum absolute atomic E-state index is 0. The number of aromatic amines is 1. The zero-order chi connectivity index (χ0) is 22.2. The van der Waals surface area contributed by atoms with Crippen molar-refractivity contribution >= 4 is 46.7 Å². The minimum Gasteiger partial charge on any atom is -0.378 e. The minimum atomic E-state index is -0.276. The lowest BCUT2D eigenvalue weighted by Gasteiger charge is -2.31. The molecule has 2 aromatic carbocycles. The van der Waals surface area contributed by atoms with Crippen molar-refractivity contribution in [3.8, 4) is 0 Å². The zero-order valence-corrected chi connectivity index (χ0v) is 21.3. The molecule has 1 atom stereocenters. The number of hydrogen-bond donors (Lipinski definition) is 3. The number of aliphatic imine (C=N–C) groups is 1. The number of benzene rings is 2. The van der Waals surface area contributed by atoms with Crippen molar-refractivity contribution in [2.45, 2.75) is 12.3 Å². The van der Waals surface area contributed by atoms with Crippen LogP contribution in [-0.2, 0) is 16.0 Å². The molecule has 1 aromatic heterocycles. The molecule has 3 aromatic rings. The Kier molecular flexibility index (Phi) is 9.56. The summed E-state index contributed by atoms with van der Waals surface area (Å²) in [6, 6.07) is 18.3. The molecule has 1 aliphatic rings. The van der Waals surface area contributed by atoms with E-state index in [-0.39, 0.29) is 35.8 Å². The van der Waals surface area contributed by atoms with Gasteiger partial charge in [0.2, 0.25) is 5.91 Å². The molecule has 33 heavy (non-hydrogen) atoms. The monoisotopic (exact) mass is 561 g/mol. The first kappa shape index (κ1) is 25.0. The first-order valence-electron chi connectivity index (χ1n) is 11.2. The van der Waals surface area contributed by atoms with Crippen LogP contribution in [0.1, 0.15) is 17.0 Å². The van der Waals surface area contributed by atoms with Crippen LogP contribution in [0.2, 0.25) is 0 Å². The lowest BCUT2D eigenvalue weighted by Crippen LogP contribution is -2.47. The molecule has 0 spiro atoms. The van der Waals surface area contributed by atoms with Crippen molar-refractivity contribution in [1.82, 2.24) is 20.5 Å². The molecule has 0 radical (unpaired) electrons. The summed E-state index contributed by atoms with van der Waals surface area (Å²) in [6.07, 6.45) is 2.94. The molecule has 1 saturated heterocycles. The van der Waals surface area contributed by atoms with Gasteiger partial charge in [0, 0.05) is 50.3 Å². The maximum atomic E-state index is 13.3. The number of aromatic nitrogens is 1. The number of nitrogens with zero attached hydrogens (tertiary/aromatic N) is 2. The molecule has 3 N–H and O–H groups in total. The molecular formula is C25H32IN5O2. The van der Waals surface area contributed by atoms with Crippen LogP contribution in [-0.4, -0.2) is 68.2 Å². The van der Waals surface area contributed by atoms with Crippen LogP contribution in [0.15, 0.2) is 65.8 Å². The first-order valence-corrected chi connectivity index (χ1v) is 11.2. The van der Waals surface area contributed by atoms with Crippen molar-refractivity contribution in [2.75, 3.05) is 46.4 Å². The normalized spacial score (nSPS) is 15.1. The number of H-pyrrole nitrogens is 1. The summed E-state index contributed by atoms with van der Waals surface area (Å²) in [5.41, 5.74) is 3.43. The predicted molar refractivity (Wildman–Crippen MR) is 143 cm³/mol. The molecule has 1 aliphatic heterocycles. The van der Waals surface area contributed by atoms with Crippen LogP contribution in [0, 0.1) is 0 Å². The van der Waals surface area contributed by atoms with Gasteiger partial charge in [-0.25, -0.2) is 0 Å². The van der Waals surface area contributed by atoms with E-state index in [4.69, 9.17) is 4.74 Å². The summed E-state index contributed by atoms with van der Waals surface area (Å²) in [6.45, 7) is 3.69. The van der Waals surface area contributed by atoms with Gasteiger partial charge in [-0.2, -0.15) is 0 Å². The van der Waals surface area contributed by atoms with Crippen LogP contribution in [0.4, 0.5) is 0 Å². The molecule has 2 heterocycles. The van der Waals surface area contributed by atoms with E-state index in [9.17, 15) is 4.79 Å². The Morgan fingerprint density at radius 3 is 2.58 bits per heavy atom. The van der Waals surface area contributed by atoms with Gasteiger partial charge in [-0.3, -0.25) is 9.79 Å². The fourth-order valence-electron chi connectivity index (χ4n) is 4.11. The first-order chi connectivity index (χ1) is 15.8. The molecule has 1 fully saturated rings. The van der Waals surface area contributed by atoms with Crippen molar-refractivity contribution in [3.63, 3.8) is 0 Å². The second-order valence-electron chi connectivity index (χ2n) is 7.89. The van der Waals surface area contributed by atoms with Gasteiger partial charge in [-0.1, -0.05) is 48.5 Å². The molecule has 176 valence electrons. The highest BCUT2D eigenvalue weighted by Crippen LogP contribution is 2.19. The predicted octanol–water partition coefficient (Wildman–Crippen LogP) is 3.14. The third-order valence-corrected chi connectivity index (χ3v) is 5.88. The van der Waals surface area contributed by atoms with Crippen LogP contribution in [0.5, 0.6) is 0 Å². The third-order valence-electron chi connectivity index (χ3n) is 5.88. The van der Waals surface area contributed by atoms with Gasteiger partial charge in [0.05, 0.1) is 19.1 Å². The molecule has 0 bridgehead atoms. The number of guanidine groups is 1. The summed E-state index contributed by atoms with van der Waals surface area (Å²) in [5, 5.41) is 7.98. The molecule has 4 rings (SSSR count). The van der Waals surface area contributed by atoms with Crippen molar-refractivity contribution in [2.24, 2.45) is 4.99 Å². The lowest BCUT2D eigenvalue weighted by atomic mass is 9.97. The van der Waals surface area contributed by atoms with Gasteiger partial charge in [-0.05, 0) is 23.6 Å². The van der Waals surface area contributed by atoms with E-state index < -0.39 is 0 Å². The molecule has 1 unspecified atom stereocenters. The van der Waals surface area contributed by atoms with Gasteiger partial charge in [-0.15, -0.1) is 24.0 Å². The van der Waals surface area contributed by atoms with E-state index in [0.717, 1.165) is 24.0 Å². The lowest BCUT2D eigenvalue weighted by molar-refractivity contribution is -0.136. The highest BCUT2D eigenvalue weighted by molar-refractivity contribution is 14.0. The average Bonchev–Trinajstić information content (AvgIpc) is 3.27. The van der Waals surface area contributed by atoms with Gasteiger partial charge >= 0.3 is 0 Å². The highest BCUT2D eigenvalue weighted by atomic mass is 127. The Balaban J connectivity index is 0.00000306. The van der Waals surface area contributed by atoms with E-state index >= 15 is 0 Å². The van der Waals surface area contributed by atoms with E-state index in [0.29, 0.717) is 38.8 Å². The van der Waals surface area contributed by atoms with Crippen LogP contribution < -0.4 is 10.6 Å². The van der Waals surface area contributed by atoms with Crippen LogP contribution in [0.25, 0.3) is 10.9 Å². The van der Waals surface area contributed by atoms with E-state index in [2.05, 4.69) is 45.0 Å². The summed E-state index contributed by atoms with van der Waals surface area (Å²) >= 11 is 0. The molecule has 8 heteroatoms. The number of carbonyl (C=O) groups excluding carboxylic acids is 1. The Morgan fingerprint density at radius 1 is 1.09 bits per heavy atom. The number of carbonyl (C=O) groups is 1. The number of rotatable bonds is 7. The SMILES string of the molecule is CN=C(NCCc1c[nH]c2ccccc12)NCC(C(=O)N1CCOCC1)c1ccccc1.I. The average molecular weight is 561 g/mol. The molecule has 1 amide bonds. The number of halogens is 1. The van der Waals surface area contributed by atoms with Gasteiger partial charge in [0.1, 0.15) is 0 Å². The van der Waals surface area contributed by atoms with Gasteiger partial charge < -0.3 is 25.3 Å². The van der Waals surface area contributed by atoms with Crippen LogP contribution in [0.3, 0.4) is 0 Å². The largest absolute Gasteiger partial charge is 0.378 e. The maximum absolute atomic E-state index is 13.3. The number of ether oxygens (including phenoxy) is 1. The Labute approximate surface area is 212 Å². The Hall–Kier alpha value is -2.59. The van der Waals surface area contributed by atoms with E-state index in [1.165, 1.54) is 10.9 Å². The Bertz CT molecular complexity index is 1050. The number of nitrogens with one attached hydrogen (secondary N) is 3. The number of amides is 1. The van der Waals surface area contributed by atoms with E-state index in [1.807, 2.05) is 41.3 Å². The van der Waals surface area contributed by atoms with Crippen LogP contribution >= 0.6 is 24.0 Å². The summed E-state index contributed by atoms with van der Waals surface area (Å²) in [4.78, 5) is 22.8. The molecular weight excluding hydrogens is 529 g/mol. The molecule has 0 saturated carbocycles. The standard InChI is InChI=1S/C25H31N5O2.HI/c1-26-25(27-12-11-20-17-28-23-10-6-5-9-21(20)23)29-18-22(19-7-3-2-4-8-19)24(31)30-13-15-32-16-14-30;/h2-10,17,22,28H,11-16,18H2,1H3,(H2,26,27,29);1H. The van der Waals surface area contributed by atoms with E-state index in [1.54, 1.807) is 7.05 Å². The number of morpholine rings is 1. The maximum Gasteiger partial charge on any atom is 0.232 e. The fraction of sp³-hybridized carbons (Fsp3) is 0.360. The number of fused-ring (bicyclic) bond motifs is 1. The van der Waals surface area contributed by atoms with Crippen molar-refractivity contribution < 1.29 is 9.53 Å². The fourth-order valence-corrected chi connectivity index (χ4v) is 4.11. The third kappa shape index (κ3) is 6.48. The molecule has 7 nitrogen and oxygen atoms in total. The number of para-hydroxylation sites is 1. The Morgan fingerprint density at radius 2 is 1.82 bits per heavy atom. The quantitative estimate of drug-likeness (QED) is 0.235. The summed E-state index contributed by atoms with van der Waals surface area (Å²) in [5.74, 6) is 0.545. The van der Waals surface area contributed by atoms with Crippen molar-refractivity contribution in [1.29, 1.82) is 0 Å². The highest BCUT2D eigenvalue weighted by Gasteiger charge is 2.27. The van der Waals surface area contributed by atoms with Crippen molar-refractivity contribution in [3.05, 3.63) is 71.9 Å². The smallest absolute Gasteiger partial charge is 0.232 e. The van der Waals surface area contributed by atoms with Gasteiger partial charge in [0.25, 0.3) is 0 Å². The second-order valence-corrected chi connectivity index (χ2v) is 7.89. The molecule has 0 aliphatic carbocycles.